The van der Waals surface area contributed by atoms with Crippen LogP contribution in [0.3, 0.4) is 0 Å². The predicted molar refractivity (Wildman–Crippen MR) is 76.0 cm³/mol. The van der Waals surface area contributed by atoms with Gasteiger partial charge in [0.05, 0.1) is 25.9 Å². The summed E-state index contributed by atoms with van der Waals surface area (Å²) in [6.07, 6.45) is 1.90. The fourth-order valence-electron chi connectivity index (χ4n) is 2.34. The molecule has 0 aromatic carbocycles. The molecule has 1 unspecified atom stereocenters. The number of aliphatic hydroxyl groups is 1. The van der Waals surface area contributed by atoms with Crippen LogP contribution in [-0.4, -0.2) is 54.7 Å². The molecule has 20 heavy (non-hydrogen) atoms. The third-order valence-electron chi connectivity index (χ3n) is 3.37. The number of hydrogen-bond donors (Lipinski definition) is 2. The first kappa shape index (κ1) is 15.0. The summed E-state index contributed by atoms with van der Waals surface area (Å²) in [4.78, 5) is 25.9. The number of rotatable bonds is 5. The van der Waals surface area contributed by atoms with Crippen LogP contribution in [0.5, 0.6) is 0 Å². The van der Waals surface area contributed by atoms with Crippen molar-refractivity contribution in [3.05, 3.63) is 16.3 Å². The van der Waals surface area contributed by atoms with Crippen molar-refractivity contribution in [1.29, 1.82) is 0 Å². The highest BCUT2D eigenvalue weighted by atomic mass is 32.1. The third-order valence-corrected chi connectivity index (χ3v) is 4.26. The molecule has 0 spiro atoms. The maximum atomic E-state index is 12.0. The maximum absolute atomic E-state index is 12.0. The zero-order valence-corrected chi connectivity index (χ0v) is 12.1. The molecule has 1 saturated heterocycles. The molecule has 0 bridgehead atoms. The van der Waals surface area contributed by atoms with Crippen LogP contribution in [0, 0.1) is 0 Å². The SMILES string of the molecule is COC(=O)c1sccc1NC(=O)CN1CCCC1CO. The molecule has 2 rings (SSSR count). The van der Waals surface area contributed by atoms with Gasteiger partial charge in [-0.3, -0.25) is 9.69 Å². The van der Waals surface area contributed by atoms with Gasteiger partial charge in [-0.15, -0.1) is 11.3 Å². The van der Waals surface area contributed by atoms with E-state index in [2.05, 4.69) is 10.1 Å². The third kappa shape index (κ3) is 3.36. The largest absolute Gasteiger partial charge is 0.465 e. The molecule has 6 nitrogen and oxygen atoms in total. The van der Waals surface area contributed by atoms with Crippen molar-refractivity contribution in [2.45, 2.75) is 18.9 Å². The average molecular weight is 298 g/mol. The Balaban J connectivity index is 1.95. The van der Waals surface area contributed by atoms with Gasteiger partial charge in [-0.1, -0.05) is 0 Å². The predicted octanol–water partition coefficient (Wildman–Crippen LogP) is 0.930. The summed E-state index contributed by atoms with van der Waals surface area (Å²) in [6, 6.07) is 1.74. The molecule has 0 aliphatic carbocycles. The van der Waals surface area contributed by atoms with Crippen molar-refractivity contribution >= 4 is 28.9 Å². The van der Waals surface area contributed by atoms with E-state index in [0.29, 0.717) is 10.6 Å². The molecule has 0 saturated carbocycles. The highest BCUT2D eigenvalue weighted by Gasteiger charge is 2.26. The standard InChI is InChI=1S/C13H18N2O4S/c1-19-13(18)12-10(4-6-20-12)14-11(17)7-15-5-2-3-9(15)8-16/h4,6,9,16H,2-3,5,7-8H2,1H3,(H,14,17). The second-order valence-electron chi connectivity index (χ2n) is 4.65. The van der Waals surface area contributed by atoms with Crippen LogP contribution < -0.4 is 5.32 Å². The lowest BCUT2D eigenvalue weighted by Crippen LogP contribution is -2.38. The number of esters is 1. The highest BCUT2D eigenvalue weighted by Crippen LogP contribution is 2.23. The summed E-state index contributed by atoms with van der Waals surface area (Å²) in [5.74, 6) is -0.640. The van der Waals surface area contributed by atoms with E-state index in [1.807, 2.05) is 4.90 Å². The van der Waals surface area contributed by atoms with Crippen molar-refractivity contribution in [1.82, 2.24) is 4.90 Å². The molecule has 1 amide bonds. The lowest BCUT2D eigenvalue weighted by Gasteiger charge is -2.21. The fraction of sp³-hybridized carbons (Fsp3) is 0.538. The van der Waals surface area contributed by atoms with Crippen LogP contribution in [0.1, 0.15) is 22.5 Å². The smallest absolute Gasteiger partial charge is 0.350 e. The lowest BCUT2D eigenvalue weighted by molar-refractivity contribution is -0.117. The van der Waals surface area contributed by atoms with E-state index in [-0.39, 0.29) is 25.1 Å². The van der Waals surface area contributed by atoms with E-state index in [1.54, 1.807) is 11.4 Å². The number of thiophene rings is 1. The van der Waals surface area contributed by atoms with Crippen molar-refractivity contribution in [3.63, 3.8) is 0 Å². The fourth-order valence-corrected chi connectivity index (χ4v) is 3.11. The zero-order chi connectivity index (χ0) is 14.5. The maximum Gasteiger partial charge on any atom is 0.350 e. The first-order chi connectivity index (χ1) is 9.65. The Morgan fingerprint density at radius 1 is 1.60 bits per heavy atom. The minimum absolute atomic E-state index is 0.0586. The normalized spacial score (nSPS) is 19.0. The second kappa shape index (κ2) is 6.83. The quantitative estimate of drug-likeness (QED) is 0.791. The van der Waals surface area contributed by atoms with Crippen LogP contribution >= 0.6 is 11.3 Å². The number of nitrogens with one attached hydrogen (secondary N) is 1. The Hall–Kier alpha value is -1.44. The monoisotopic (exact) mass is 298 g/mol. The van der Waals surface area contributed by atoms with Gasteiger partial charge in [0.15, 0.2) is 0 Å². The zero-order valence-electron chi connectivity index (χ0n) is 11.3. The first-order valence-corrected chi connectivity index (χ1v) is 7.34. The van der Waals surface area contributed by atoms with Crippen LogP contribution in [0.25, 0.3) is 0 Å². The van der Waals surface area contributed by atoms with E-state index in [4.69, 9.17) is 0 Å². The molecule has 1 aliphatic heterocycles. The van der Waals surface area contributed by atoms with Crippen LogP contribution in [0.4, 0.5) is 5.69 Å². The van der Waals surface area contributed by atoms with Crippen molar-refractivity contribution in [2.24, 2.45) is 0 Å². The van der Waals surface area contributed by atoms with Crippen molar-refractivity contribution in [2.75, 3.05) is 32.1 Å². The van der Waals surface area contributed by atoms with E-state index < -0.39 is 5.97 Å². The molecular weight excluding hydrogens is 280 g/mol. The van der Waals surface area contributed by atoms with Gasteiger partial charge in [0, 0.05) is 6.04 Å². The number of methoxy groups -OCH3 is 1. The summed E-state index contributed by atoms with van der Waals surface area (Å²) in [7, 11) is 1.31. The molecule has 1 aromatic rings. The number of likely N-dealkylation sites (tertiary alicyclic amines) is 1. The van der Waals surface area contributed by atoms with Crippen LogP contribution in [0.15, 0.2) is 11.4 Å². The average Bonchev–Trinajstić information content (AvgIpc) is 3.06. The number of aliphatic hydroxyl groups excluding tert-OH is 1. The van der Waals surface area contributed by atoms with Gasteiger partial charge in [0.25, 0.3) is 0 Å². The summed E-state index contributed by atoms with van der Waals surface area (Å²) in [5, 5.41) is 13.7. The van der Waals surface area contributed by atoms with Crippen molar-refractivity contribution in [3.8, 4) is 0 Å². The van der Waals surface area contributed by atoms with Crippen LogP contribution in [0.2, 0.25) is 0 Å². The summed E-state index contributed by atoms with van der Waals surface area (Å²) < 4.78 is 4.66. The van der Waals surface area contributed by atoms with E-state index in [9.17, 15) is 14.7 Å². The van der Waals surface area contributed by atoms with Gasteiger partial charge in [-0.05, 0) is 30.8 Å². The van der Waals surface area contributed by atoms with Gasteiger partial charge < -0.3 is 15.2 Å². The molecule has 110 valence electrons. The van der Waals surface area contributed by atoms with Gasteiger partial charge in [0.1, 0.15) is 4.88 Å². The summed E-state index contributed by atoms with van der Waals surface area (Å²) in [6.45, 7) is 1.10. The minimum atomic E-state index is -0.454. The Morgan fingerprint density at radius 2 is 2.40 bits per heavy atom. The number of nitrogens with zero attached hydrogens (tertiary/aromatic N) is 1. The number of carbonyl (C=O) groups excluding carboxylic acids is 2. The first-order valence-electron chi connectivity index (χ1n) is 6.46. The molecule has 1 atom stereocenters. The molecule has 1 fully saturated rings. The Bertz CT molecular complexity index is 488. The molecule has 2 heterocycles. The number of carbonyl (C=O) groups is 2. The number of amides is 1. The Morgan fingerprint density at radius 3 is 3.10 bits per heavy atom. The number of ether oxygens (including phenoxy) is 1. The highest BCUT2D eigenvalue weighted by molar-refractivity contribution is 7.12. The van der Waals surface area contributed by atoms with Gasteiger partial charge in [0.2, 0.25) is 5.91 Å². The number of hydrogen-bond acceptors (Lipinski definition) is 6. The van der Waals surface area contributed by atoms with Gasteiger partial charge in [-0.25, -0.2) is 4.79 Å². The topological polar surface area (TPSA) is 78.9 Å². The van der Waals surface area contributed by atoms with E-state index >= 15 is 0 Å². The molecular formula is C13H18N2O4S. The number of anilines is 1. The van der Waals surface area contributed by atoms with Crippen molar-refractivity contribution < 1.29 is 19.4 Å². The molecule has 1 aromatic heterocycles. The summed E-state index contributed by atoms with van der Waals surface area (Å²) in [5.41, 5.74) is 0.478. The van der Waals surface area contributed by atoms with Gasteiger partial charge >= 0.3 is 5.97 Å². The molecule has 0 radical (unpaired) electrons. The minimum Gasteiger partial charge on any atom is -0.465 e. The van der Waals surface area contributed by atoms with E-state index in [0.717, 1.165) is 19.4 Å². The van der Waals surface area contributed by atoms with Crippen LogP contribution in [-0.2, 0) is 9.53 Å². The second-order valence-corrected chi connectivity index (χ2v) is 5.57. The lowest BCUT2D eigenvalue weighted by atomic mass is 10.2. The Labute approximate surface area is 121 Å². The Kier molecular flexibility index (Phi) is 5.11. The van der Waals surface area contributed by atoms with Gasteiger partial charge in [-0.2, -0.15) is 0 Å². The molecule has 2 N–H and O–H groups in total. The molecule has 7 heteroatoms. The summed E-state index contributed by atoms with van der Waals surface area (Å²) >= 11 is 1.23. The van der Waals surface area contributed by atoms with E-state index in [1.165, 1.54) is 18.4 Å². The molecule has 1 aliphatic rings.